The van der Waals surface area contributed by atoms with Gasteiger partial charge in [-0.15, -0.1) is 18.3 Å². The van der Waals surface area contributed by atoms with Gasteiger partial charge in [-0.1, -0.05) is 47.1 Å². The molecule has 0 spiro atoms. The van der Waals surface area contributed by atoms with Crippen molar-refractivity contribution in [3.8, 4) is 34.3 Å². The van der Waals surface area contributed by atoms with Crippen LogP contribution in [0, 0.1) is 0 Å². The minimum atomic E-state index is -4.85. The van der Waals surface area contributed by atoms with Crippen LogP contribution in [0.25, 0.3) is 11.1 Å². The van der Waals surface area contributed by atoms with Gasteiger partial charge in [0.05, 0.1) is 25.3 Å². The number of rotatable bonds is 9. The van der Waals surface area contributed by atoms with E-state index in [-0.39, 0.29) is 29.7 Å². The Bertz CT molecular complexity index is 1410. The third-order valence-electron chi connectivity index (χ3n) is 5.21. The molecule has 0 bridgehead atoms. The van der Waals surface area contributed by atoms with E-state index in [1.54, 1.807) is 50.4 Å². The molecule has 0 aliphatic carbocycles. The first kappa shape index (κ1) is 26.8. The van der Waals surface area contributed by atoms with Crippen LogP contribution in [0.4, 0.5) is 13.2 Å². The molecule has 198 valence electrons. The summed E-state index contributed by atoms with van der Waals surface area (Å²) in [6.45, 7) is 2.08. The molecule has 0 atom stereocenters. The normalized spacial score (nSPS) is 11.2. The van der Waals surface area contributed by atoms with Crippen molar-refractivity contribution in [3.63, 3.8) is 0 Å². The number of alkyl halides is 3. The van der Waals surface area contributed by atoms with Crippen molar-refractivity contribution >= 4 is 17.6 Å². The lowest BCUT2D eigenvalue weighted by molar-refractivity contribution is -0.274. The Labute approximate surface area is 220 Å². The van der Waals surface area contributed by atoms with Crippen LogP contribution in [0.2, 0.25) is 5.02 Å². The Morgan fingerprint density at radius 1 is 0.974 bits per heavy atom. The molecule has 8 nitrogen and oxygen atoms in total. The summed E-state index contributed by atoms with van der Waals surface area (Å²) >= 11 is 5.97. The zero-order chi connectivity index (χ0) is 27.3. The molecule has 1 aromatic heterocycles. The van der Waals surface area contributed by atoms with Gasteiger partial charge in [-0.25, -0.2) is 9.48 Å². The summed E-state index contributed by atoms with van der Waals surface area (Å²) in [5.41, 5.74) is 2.00. The van der Waals surface area contributed by atoms with Crippen LogP contribution in [-0.2, 0) is 11.3 Å². The number of carbonyl (C=O) groups is 1. The first-order valence-corrected chi connectivity index (χ1v) is 11.6. The van der Waals surface area contributed by atoms with Crippen LogP contribution in [-0.4, -0.2) is 41.0 Å². The molecule has 0 radical (unpaired) electrons. The lowest BCUT2D eigenvalue weighted by Gasteiger charge is -2.12. The molecule has 4 aromatic rings. The molecule has 0 aliphatic heterocycles. The Morgan fingerprint density at radius 2 is 1.63 bits per heavy atom. The largest absolute Gasteiger partial charge is 0.573 e. The van der Waals surface area contributed by atoms with Crippen molar-refractivity contribution in [1.82, 2.24) is 15.0 Å². The quantitative estimate of drug-likeness (QED) is 0.220. The van der Waals surface area contributed by atoms with Gasteiger partial charge in [-0.3, -0.25) is 0 Å². The van der Waals surface area contributed by atoms with Crippen molar-refractivity contribution in [2.45, 2.75) is 19.8 Å². The first-order chi connectivity index (χ1) is 18.2. The van der Waals surface area contributed by atoms with Gasteiger partial charge in [-0.2, -0.15) is 0 Å². The number of hydrogen-bond donors (Lipinski definition) is 0. The number of methoxy groups -OCH3 is 1. The Morgan fingerprint density at radius 3 is 2.24 bits per heavy atom. The molecule has 1 heterocycles. The maximum absolute atomic E-state index is 12.5. The summed E-state index contributed by atoms with van der Waals surface area (Å²) in [6, 6.07) is 17.9. The topological polar surface area (TPSA) is 84.7 Å². The zero-order valence-electron chi connectivity index (χ0n) is 20.2. The highest BCUT2D eigenvalue weighted by Crippen LogP contribution is 2.35. The van der Waals surface area contributed by atoms with E-state index in [0.29, 0.717) is 22.6 Å². The Hall–Kier alpha value is -4.25. The number of hydrogen-bond acceptors (Lipinski definition) is 7. The predicted molar refractivity (Wildman–Crippen MR) is 132 cm³/mol. The van der Waals surface area contributed by atoms with Gasteiger partial charge in [0.25, 0.3) is 5.88 Å². The third kappa shape index (κ3) is 6.54. The summed E-state index contributed by atoms with van der Waals surface area (Å²) in [6.07, 6.45) is -4.85. The molecule has 0 N–H and O–H groups in total. The number of benzene rings is 3. The highest BCUT2D eigenvalue weighted by molar-refractivity contribution is 6.32. The number of esters is 1. The summed E-state index contributed by atoms with van der Waals surface area (Å²) in [5, 5.41) is 7.83. The van der Waals surface area contributed by atoms with E-state index in [1.807, 2.05) is 12.1 Å². The second kappa shape index (κ2) is 11.4. The molecule has 4 rings (SSSR count). The van der Waals surface area contributed by atoms with Crippen molar-refractivity contribution in [3.05, 3.63) is 83.0 Å². The standard InChI is InChI=1S/C26H21ClF3N3O5/c1-3-36-25(34)23-24(33(32-31-23)15-16-4-9-19(35-2)10-5-16)37-20-11-6-17(7-12-20)18-8-13-22(21(27)14-18)38-26(28,29)30/h4-14H,3,15H2,1-2H3. The van der Waals surface area contributed by atoms with Crippen LogP contribution in [0.15, 0.2) is 66.7 Å². The summed E-state index contributed by atoms with van der Waals surface area (Å²) in [7, 11) is 1.57. The first-order valence-electron chi connectivity index (χ1n) is 11.2. The van der Waals surface area contributed by atoms with E-state index in [1.165, 1.54) is 16.8 Å². The number of halogens is 4. The second-order valence-electron chi connectivity index (χ2n) is 7.79. The number of aromatic nitrogens is 3. The molecule has 38 heavy (non-hydrogen) atoms. The lowest BCUT2D eigenvalue weighted by Crippen LogP contribution is -2.17. The summed E-state index contributed by atoms with van der Waals surface area (Å²) in [5.74, 6) is -0.0350. The second-order valence-corrected chi connectivity index (χ2v) is 8.20. The van der Waals surface area contributed by atoms with E-state index < -0.39 is 18.1 Å². The molecule has 0 unspecified atom stereocenters. The maximum Gasteiger partial charge on any atom is 0.573 e. The summed E-state index contributed by atoms with van der Waals surface area (Å²) in [4.78, 5) is 12.5. The maximum atomic E-state index is 12.5. The smallest absolute Gasteiger partial charge is 0.497 e. The van der Waals surface area contributed by atoms with Crippen LogP contribution in [0.5, 0.6) is 23.1 Å². The zero-order valence-corrected chi connectivity index (χ0v) is 20.9. The van der Waals surface area contributed by atoms with E-state index in [4.69, 9.17) is 25.8 Å². The van der Waals surface area contributed by atoms with E-state index in [9.17, 15) is 18.0 Å². The predicted octanol–water partition coefficient (Wildman–Crippen LogP) is 6.52. The van der Waals surface area contributed by atoms with Gasteiger partial charge >= 0.3 is 12.3 Å². The van der Waals surface area contributed by atoms with Gasteiger partial charge in [0.1, 0.15) is 17.2 Å². The molecular formula is C26H21ClF3N3O5. The van der Waals surface area contributed by atoms with E-state index in [2.05, 4.69) is 15.0 Å². The van der Waals surface area contributed by atoms with Crippen LogP contribution >= 0.6 is 11.6 Å². The minimum Gasteiger partial charge on any atom is -0.497 e. The third-order valence-corrected chi connectivity index (χ3v) is 5.50. The molecule has 0 aliphatic rings. The summed E-state index contributed by atoms with van der Waals surface area (Å²) < 4.78 is 59.1. The molecule has 0 saturated carbocycles. The van der Waals surface area contributed by atoms with Gasteiger partial charge < -0.3 is 18.9 Å². The number of nitrogens with zero attached hydrogens (tertiary/aromatic N) is 3. The molecule has 0 fully saturated rings. The van der Waals surface area contributed by atoms with Crippen LogP contribution in [0.1, 0.15) is 23.0 Å². The van der Waals surface area contributed by atoms with E-state index >= 15 is 0 Å². The van der Waals surface area contributed by atoms with Crippen molar-refractivity contribution < 1.29 is 36.9 Å². The van der Waals surface area contributed by atoms with Gasteiger partial charge in [0.2, 0.25) is 5.69 Å². The van der Waals surface area contributed by atoms with Crippen molar-refractivity contribution in [2.24, 2.45) is 0 Å². The average Bonchev–Trinajstić information content (AvgIpc) is 3.27. The number of carbonyl (C=O) groups excluding carboxylic acids is 1. The minimum absolute atomic E-state index is 0.0866. The number of ether oxygens (including phenoxy) is 4. The molecule has 0 saturated heterocycles. The van der Waals surface area contributed by atoms with Gasteiger partial charge in [-0.05, 0) is 60.0 Å². The molecule has 3 aromatic carbocycles. The highest BCUT2D eigenvalue weighted by atomic mass is 35.5. The lowest BCUT2D eigenvalue weighted by atomic mass is 10.1. The van der Waals surface area contributed by atoms with Crippen molar-refractivity contribution in [2.75, 3.05) is 13.7 Å². The molecular weight excluding hydrogens is 527 g/mol. The Kier molecular flexibility index (Phi) is 8.06. The van der Waals surface area contributed by atoms with Crippen LogP contribution in [0.3, 0.4) is 0 Å². The Balaban J connectivity index is 1.57. The fourth-order valence-electron chi connectivity index (χ4n) is 3.46. The van der Waals surface area contributed by atoms with Gasteiger partial charge in [0.15, 0.2) is 0 Å². The monoisotopic (exact) mass is 547 g/mol. The van der Waals surface area contributed by atoms with Gasteiger partial charge in [0, 0.05) is 0 Å². The fraction of sp³-hybridized carbons (Fsp3) is 0.192. The van der Waals surface area contributed by atoms with Crippen LogP contribution < -0.4 is 14.2 Å². The fourth-order valence-corrected chi connectivity index (χ4v) is 3.67. The van der Waals surface area contributed by atoms with Crippen molar-refractivity contribution in [1.29, 1.82) is 0 Å². The van der Waals surface area contributed by atoms with E-state index in [0.717, 1.165) is 11.6 Å². The highest BCUT2D eigenvalue weighted by Gasteiger charge is 2.32. The SMILES string of the molecule is CCOC(=O)c1nnn(Cc2ccc(OC)cc2)c1Oc1ccc(-c2ccc(OC(F)(F)F)c(Cl)c2)cc1. The molecule has 12 heteroatoms. The average molecular weight is 548 g/mol. The molecule has 0 amide bonds.